The molecule has 124 valence electrons. The van der Waals surface area contributed by atoms with E-state index in [-0.39, 0.29) is 30.7 Å². The minimum Gasteiger partial charge on any atom is -0.396 e. The first-order chi connectivity index (χ1) is 10.3. The molecule has 0 aliphatic rings. The van der Waals surface area contributed by atoms with Crippen LogP contribution in [0.25, 0.3) is 0 Å². The van der Waals surface area contributed by atoms with Gasteiger partial charge in [-0.15, -0.1) is 0 Å². The second kappa shape index (κ2) is 8.76. The highest BCUT2D eigenvalue weighted by Crippen LogP contribution is 2.20. The minimum atomic E-state index is -0.266. The maximum absolute atomic E-state index is 12.0. The van der Waals surface area contributed by atoms with Gasteiger partial charge in [-0.2, -0.15) is 0 Å². The third-order valence-corrected chi connectivity index (χ3v) is 3.77. The number of benzene rings is 1. The molecule has 0 aliphatic heterocycles. The number of aliphatic hydroxyl groups excluding tert-OH is 1. The molecule has 0 saturated heterocycles. The molecule has 1 rings (SSSR count). The molecule has 1 aromatic carbocycles. The number of hydrogen-bond donors (Lipinski definition) is 3. The van der Waals surface area contributed by atoms with E-state index >= 15 is 0 Å². The Balaban J connectivity index is 2.69. The molecule has 5 heteroatoms. The molecule has 0 saturated carbocycles. The molecule has 3 N–H and O–H groups in total. The summed E-state index contributed by atoms with van der Waals surface area (Å²) in [7, 11) is 0. The number of amides is 2. The van der Waals surface area contributed by atoms with Crippen LogP contribution in [0.3, 0.4) is 0 Å². The number of ether oxygens (including phenoxy) is 1. The van der Waals surface area contributed by atoms with Gasteiger partial charge >= 0.3 is 6.03 Å². The van der Waals surface area contributed by atoms with Gasteiger partial charge in [0.05, 0.1) is 12.7 Å². The second-order valence-electron chi connectivity index (χ2n) is 6.00. The molecule has 0 spiro atoms. The molecule has 2 amide bonds. The predicted octanol–water partition coefficient (Wildman–Crippen LogP) is 3.06. The van der Waals surface area contributed by atoms with Gasteiger partial charge in [-0.05, 0) is 50.8 Å². The van der Waals surface area contributed by atoms with Crippen molar-refractivity contribution >= 4 is 11.7 Å². The fourth-order valence-corrected chi connectivity index (χ4v) is 1.90. The summed E-state index contributed by atoms with van der Waals surface area (Å²) in [5.41, 5.74) is 2.83. The van der Waals surface area contributed by atoms with Crippen molar-refractivity contribution in [2.24, 2.45) is 5.92 Å². The van der Waals surface area contributed by atoms with Crippen molar-refractivity contribution in [1.29, 1.82) is 0 Å². The van der Waals surface area contributed by atoms with E-state index in [1.165, 1.54) is 0 Å². The van der Waals surface area contributed by atoms with E-state index < -0.39 is 0 Å². The Hall–Kier alpha value is -1.59. The lowest BCUT2D eigenvalue weighted by Gasteiger charge is -2.20. The Labute approximate surface area is 133 Å². The van der Waals surface area contributed by atoms with E-state index in [1.54, 1.807) is 0 Å². The highest BCUT2D eigenvalue weighted by Gasteiger charge is 2.14. The standard InChI is InChI=1S/C17H28N2O3/c1-11(2)22-10-15-7-6-8-16(13(15)4)19-17(21)18-14(5)12(3)9-20/h6-8,11-12,14,20H,9-10H2,1-5H3,(H2,18,19,21)/t12-,14+/m1/s1. The van der Waals surface area contributed by atoms with Crippen molar-refractivity contribution in [2.45, 2.75) is 53.4 Å². The molecule has 0 aliphatic carbocycles. The summed E-state index contributed by atoms with van der Waals surface area (Å²) in [4.78, 5) is 12.0. The van der Waals surface area contributed by atoms with Crippen LogP contribution in [-0.2, 0) is 11.3 Å². The average molecular weight is 308 g/mol. The molecule has 0 bridgehead atoms. The number of hydrogen-bond acceptors (Lipinski definition) is 3. The van der Waals surface area contributed by atoms with E-state index in [2.05, 4.69) is 10.6 Å². The van der Waals surface area contributed by atoms with Crippen LogP contribution in [0, 0.1) is 12.8 Å². The predicted molar refractivity (Wildman–Crippen MR) is 89.0 cm³/mol. The second-order valence-corrected chi connectivity index (χ2v) is 6.00. The van der Waals surface area contributed by atoms with Crippen LogP contribution in [0.1, 0.15) is 38.8 Å². The molecule has 2 atom stereocenters. The molecular formula is C17H28N2O3. The Bertz CT molecular complexity index is 489. The first-order valence-electron chi connectivity index (χ1n) is 7.73. The van der Waals surface area contributed by atoms with Gasteiger partial charge in [0.1, 0.15) is 0 Å². The summed E-state index contributed by atoms with van der Waals surface area (Å²) in [5.74, 6) is 0.0117. The molecule has 0 aromatic heterocycles. The highest BCUT2D eigenvalue weighted by atomic mass is 16.5. The summed E-state index contributed by atoms with van der Waals surface area (Å²) in [6.45, 7) is 10.3. The lowest BCUT2D eigenvalue weighted by molar-refractivity contribution is 0.0654. The fourth-order valence-electron chi connectivity index (χ4n) is 1.90. The maximum Gasteiger partial charge on any atom is 0.319 e. The Kier molecular flexibility index (Phi) is 7.35. The maximum atomic E-state index is 12.0. The Morgan fingerprint density at radius 3 is 2.55 bits per heavy atom. The van der Waals surface area contributed by atoms with Crippen LogP contribution in [0.15, 0.2) is 18.2 Å². The number of anilines is 1. The van der Waals surface area contributed by atoms with Crippen molar-refractivity contribution in [1.82, 2.24) is 5.32 Å². The van der Waals surface area contributed by atoms with Gasteiger partial charge in [-0.1, -0.05) is 19.1 Å². The summed E-state index contributed by atoms with van der Waals surface area (Å²) >= 11 is 0. The number of aliphatic hydroxyl groups is 1. The van der Waals surface area contributed by atoms with E-state index in [1.807, 2.05) is 52.8 Å². The van der Waals surface area contributed by atoms with Gasteiger partial charge in [0.25, 0.3) is 0 Å². The van der Waals surface area contributed by atoms with Gasteiger partial charge in [-0.25, -0.2) is 4.79 Å². The first-order valence-corrected chi connectivity index (χ1v) is 7.73. The van der Waals surface area contributed by atoms with Crippen molar-refractivity contribution in [3.63, 3.8) is 0 Å². The van der Waals surface area contributed by atoms with Crippen LogP contribution in [0.4, 0.5) is 10.5 Å². The smallest absolute Gasteiger partial charge is 0.319 e. The fraction of sp³-hybridized carbons (Fsp3) is 0.588. The molecule has 5 nitrogen and oxygen atoms in total. The van der Waals surface area contributed by atoms with Crippen LogP contribution in [0.5, 0.6) is 0 Å². The summed E-state index contributed by atoms with van der Waals surface area (Å²) in [6, 6.07) is 5.41. The molecule has 0 fully saturated rings. The van der Waals surface area contributed by atoms with E-state index in [9.17, 15) is 4.79 Å². The van der Waals surface area contributed by atoms with Gasteiger partial charge < -0.3 is 20.5 Å². The lowest BCUT2D eigenvalue weighted by atomic mass is 10.1. The van der Waals surface area contributed by atoms with Gasteiger partial charge in [0.2, 0.25) is 0 Å². The lowest BCUT2D eigenvalue weighted by Crippen LogP contribution is -2.40. The minimum absolute atomic E-state index is 0.0117. The molecule has 0 unspecified atom stereocenters. The molecular weight excluding hydrogens is 280 g/mol. The number of urea groups is 1. The Morgan fingerprint density at radius 2 is 1.95 bits per heavy atom. The molecule has 0 heterocycles. The van der Waals surface area contributed by atoms with Gasteiger partial charge in [0, 0.05) is 18.3 Å². The van der Waals surface area contributed by atoms with E-state index in [0.29, 0.717) is 6.61 Å². The van der Waals surface area contributed by atoms with E-state index in [0.717, 1.165) is 16.8 Å². The number of rotatable bonds is 7. The van der Waals surface area contributed by atoms with E-state index in [4.69, 9.17) is 9.84 Å². The zero-order valence-corrected chi connectivity index (χ0v) is 14.1. The first kappa shape index (κ1) is 18.5. The average Bonchev–Trinajstić information content (AvgIpc) is 2.46. The highest BCUT2D eigenvalue weighted by molar-refractivity contribution is 5.90. The van der Waals surface area contributed by atoms with Crippen LogP contribution >= 0.6 is 0 Å². The van der Waals surface area contributed by atoms with Crippen molar-refractivity contribution in [3.8, 4) is 0 Å². The topological polar surface area (TPSA) is 70.6 Å². The zero-order valence-electron chi connectivity index (χ0n) is 14.1. The molecule has 0 radical (unpaired) electrons. The SMILES string of the molecule is Cc1c(COC(C)C)cccc1NC(=O)N[C@@H](C)[C@H](C)CO. The third kappa shape index (κ3) is 5.66. The number of carbonyl (C=O) groups is 1. The van der Waals surface area contributed by atoms with Crippen molar-refractivity contribution in [2.75, 3.05) is 11.9 Å². The van der Waals surface area contributed by atoms with Crippen molar-refractivity contribution in [3.05, 3.63) is 29.3 Å². The number of carbonyl (C=O) groups excluding carboxylic acids is 1. The van der Waals surface area contributed by atoms with Crippen LogP contribution in [-0.4, -0.2) is 29.9 Å². The monoisotopic (exact) mass is 308 g/mol. The molecule has 1 aromatic rings. The van der Waals surface area contributed by atoms with Gasteiger partial charge in [0.15, 0.2) is 0 Å². The molecule has 22 heavy (non-hydrogen) atoms. The Morgan fingerprint density at radius 1 is 1.27 bits per heavy atom. The summed E-state index contributed by atoms with van der Waals surface area (Å²) in [5, 5.41) is 14.8. The summed E-state index contributed by atoms with van der Waals surface area (Å²) < 4.78 is 5.62. The third-order valence-electron chi connectivity index (χ3n) is 3.77. The largest absolute Gasteiger partial charge is 0.396 e. The van der Waals surface area contributed by atoms with Crippen LogP contribution in [0.2, 0.25) is 0 Å². The zero-order chi connectivity index (χ0) is 16.7. The normalized spacial score (nSPS) is 13.8. The van der Waals surface area contributed by atoms with Crippen LogP contribution < -0.4 is 10.6 Å². The van der Waals surface area contributed by atoms with Crippen molar-refractivity contribution < 1.29 is 14.6 Å². The quantitative estimate of drug-likeness (QED) is 0.725. The number of nitrogens with one attached hydrogen (secondary N) is 2. The van der Waals surface area contributed by atoms with Gasteiger partial charge in [-0.3, -0.25) is 0 Å². The summed E-state index contributed by atoms with van der Waals surface area (Å²) in [6.07, 6.45) is 0.167.